The zero-order chi connectivity index (χ0) is 13.9. The Hall–Kier alpha value is -0.820. The average Bonchev–Trinajstić information content (AvgIpc) is 2.40. The molecule has 1 atom stereocenters. The molecule has 0 aliphatic heterocycles. The minimum atomic E-state index is 0.790. The predicted octanol–water partition coefficient (Wildman–Crippen LogP) is 4.73. The van der Waals surface area contributed by atoms with Gasteiger partial charge in [0.15, 0.2) is 0 Å². The molecule has 0 radical (unpaired) electrons. The van der Waals surface area contributed by atoms with Gasteiger partial charge < -0.3 is 5.32 Å². The van der Waals surface area contributed by atoms with E-state index in [4.69, 9.17) is 0 Å². The molecule has 0 aliphatic carbocycles. The summed E-state index contributed by atoms with van der Waals surface area (Å²) in [6, 6.07) is 8.99. The highest BCUT2D eigenvalue weighted by Crippen LogP contribution is 2.17. The number of benzene rings is 1. The van der Waals surface area contributed by atoms with Crippen LogP contribution in [0.2, 0.25) is 0 Å². The molecular formula is C18H31N. The number of hydrogen-bond donors (Lipinski definition) is 1. The Labute approximate surface area is 119 Å². The summed E-state index contributed by atoms with van der Waals surface area (Å²) in [5.74, 6) is 0.790. The fourth-order valence-corrected chi connectivity index (χ4v) is 2.66. The summed E-state index contributed by atoms with van der Waals surface area (Å²) < 4.78 is 0. The van der Waals surface area contributed by atoms with Crippen molar-refractivity contribution in [2.75, 3.05) is 13.1 Å². The van der Waals surface area contributed by atoms with E-state index >= 15 is 0 Å². The molecule has 0 fully saturated rings. The summed E-state index contributed by atoms with van der Waals surface area (Å²) in [5, 5.41) is 3.52. The standard InChI is InChI=1S/C18H31N/c1-4-6-7-8-11-18(15-19-5-2)14-17-12-9-10-16(3)13-17/h9-10,12-13,18-19H,4-8,11,14-15H2,1-3H3. The second-order valence-corrected chi connectivity index (χ2v) is 5.72. The van der Waals surface area contributed by atoms with Gasteiger partial charge in [0.05, 0.1) is 0 Å². The van der Waals surface area contributed by atoms with E-state index in [1.54, 1.807) is 0 Å². The summed E-state index contributed by atoms with van der Waals surface area (Å²) in [6.45, 7) is 8.91. The fraction of sp³-hybridized carbons (Fsp3) is 0.667. The lowest BCUT2D eigenvalue weighted by Crippen LogP contribution is -2.24. The van der Waals surface area contributed by atoms with Crippen LogP contribution in [-0.2, 0) is 6.42 Å². The molecule has 1 aromatic carbocycles. The first-order valence-corrected chi connectivity index (χ1v) is 8.02. The first-order valence-electron chi connectivity index (χ1n) is 8.02. The first-order chi connectivity index (χ1) is 9.26. The molecule has 108 valence electrons. The van der Waals surface area contributed by atoms with Crippen molar-refractivity contribution in [3.63, 3.8) is 0 Å². The highest BCUT2D eigenvalue weighted by molar-refractivity contribution is 5.22. The Morgan fingerprint density at radius 2 is 1.95 bits per heavy atom. The van der Waals surface area contributed by atoms with Crippen LogP contribution in [0.3, 0.4) is 0 Å². The van der Waals surface area contributed by atoms with Crippen molar-refractivity contribution < 1.29 is 0 Å². The van der Waals surface area contributed by atoms with Gasteiger partial charge in [-0.3, -0.25) is 0 Å². The first kappa shape index (κ1) is 16.2. The lowest BCUT2D eigenvalue weighted by molar-refractivity contribution is 0.426. The maximum atomic E-state index is 3.52. The molecule has 19 heavy (non-hydrogen) atoms. The summed E-state index contributed by atoms with van der Waals surface area (Å²) >= 11 is 0. The molecule has 1 rings (SSSR count). The second kappa shape index (κ2) is 10.0. The van der Waals surface area contributed by atoms with Crippen molar-refractivity contribution in [1.82, 2.24) is 5.32 Å². The number of hydrogen-bond acceptors (Lipinski definition) is 1. The minimum Gasteiger partial charge on any atom is -0.317 e. The molecule has 1 unspecified atom stereocenters. The van der Waals surface area contributed by atoms with E-state index in [2.05, 4.69) is 50.4 Å². The van der Waals surface area contributed by atoms with Gasteiger partial charge in [0.2, 0.25) is 0 Å². The fourth-order valence-electron chi connectivity index (χ4n) is 2.66. The van der Waals surface area contributed by atoms with Crippen LogP contribution < -0.4 is 5.32 Å². The quantitative estimate of drug-likeness (QED) is 0.600. The summed E-state index contributed by atoms with van der Waals surface area (Å²) in [5.41, 5.74) is 2.88. The van der Waals surface area contributed by atoms with Gasteiger partial charge in [0.1, 0.15) is 0 Å². The van der Waals surface area contributed by atoms with Crippen molar-refractivity contribution in [3.8, 4) is 0 Å². The highest BCUT2D eigenvalue weighted by Gasteiger charge is 2.09. The van der Waals surface area contributed by atoms with Gasteiger partial charge in [0.25, 0.3) is 0 Å². The predicted molar refractivity (Wildman–Crippen MR) is 85.7 cm³/mol. The van der Waals surface area contributed by atoms with Crippen LogP contribution >= 0.6 is 0 Å². The van der Waals surface area contributed by atoms with Crippen molar-refractivity contribution >= 4 is 0 Å². The molecule has 0 saturated carbocycles. The van der Waals surface area contributed by atoms with E-state index in [0.29, 0.717) is 0 Å². The van der Waals surface area contributed by atoms with Gasteiger partial charge in [-0.2, -0.15) is 0 Å². The smallest absolute Gasteiger partial charge is 0.00175 e. The largest absolute Gasteiger partial charge is 0.317 e. The highest BCUT2D eigenvalue weighted by atomic mass is 14.8. The molecule has 0 amide bonds. The van der Waals surface area contributed by atoms with Crippen LogP contribution in [0.1, 0.15) is 57.1 Å². The molecule has 1 aromatic rings. The summed E-state index contributed by atoms with van der Waals surface area (Å²) in [7, 11) is 0. The van der Waals surface area contributed by atoms with Crippen LogP contribution in [-0.4, -0.2) is 13.1 Å². The molecule has 0 aromatic heterocycles. The summed E-state index contributed by atoms with van der Waals surface area (Å²) in [6.07, 6.45) is 8.08. The Morgan fingerprint density at radius 3 is 2.63 bits per heavy atom. The van der Waals surface area contributed by atoms with Crippen LogP contribution in [0.25, 0.3) is 0 Å². The summed E-state index contributed by atoms with van der Waals surface area (Å²) in [4.78, 5) is 0. The SMILES string of the molecule is CCCCCCC(CNCC)Cc1cccc(C)c1. The molecule has 0 aliphatic rings. The van der Waals surface area contributed by atoms with Crippen LogP contribution in [0, 0.1) is 12.8 Å². The molecular weight excluding hydrogens is 230 g/mol. The van der Waals surface area contributed by atoms with Crippen LogP contribution in [0.5, 0.6) is 0 Å². The number of nitrogens with one attached hydrogen (secondary N) is 1. The second-order valence-electron chi connectivity index (χ2n) is 5.72. The molecule has 0 bridgehead atoms. The van der Waals surface area contributed by atoms with Crippen molar-refractivity contribution in [3.05, 3.63) is 35.4 Å². The molecule has 1 N–H and O–H groups in total. The Bertz CT molecular complexity index is 332. The molecule has 0 spiro atoms. The molecule has 0 heterocycles. The number of aryl methyl sites for hydroxylation is 1. The van der Waals surface area contributed by atoms with Crippen LogP contribution in [0.15, 0.2) is 24.3 Å². The van der Waals surface area contributed by atoms with E-state index in [-0.39, 0.29) is 0 Å². The number of rotatable bonds is 10. The van der Waals surface area contributed by atoms with Crippen molar-refractivity contribution in [2.45, 2.75) is 59.3 Å². The van der Waals surface area contributed by atoms with E-state index in [9.17, 15) is 0 Å². The van der Waals surface area contributed by atoms with Crippen molar-refractivity contribution in [2.24, 2.45) is 5.92 Å². The van der Waals surface area contributed by atoms with Crippen molar-refractivity contribution in [1.29, 1.82) is 0 Å². The topological polar surface area (TPSA) is 12.0 Å². The lowest BCUT2D eigenvalue weighted by Gasteiger charge is -2.17. The third-order valence-corrected chi connectivity index (χ3v) is 3.76. The normalized spacial score (nSPS) is 12.6. The van der Waals surface area contributed by atoms with E-state index < -0.39 is 0 Å². The van der Waals surface area contributed by atoms with Gasteiger partial charge in [-0.1, -0.05) is 69.4 Å². The molecule has 0 saturated heterocycles. The number of unbranched alkanes of at least 4 members (excludes halogenated alkanes) is 3. The minimum absolute atomic E-state index is 0.790. The third kappa shape index (κ3) is 7.37. The van der Waals surface area contributed by atoms with Gasteiger partial charge in [0, 0.05) is 0 Å². The van der Waals surface area contributed by atoms with E-state index in [0.717, 1.165) is 19.0 Å². The van der Waals surface area contributed by atoms with Gasteiger partial charge >= 0.3 is 0 Å². The Balaban J connectivity index is 2.43. The monoisotopic (exact) mass is 261 g/mol. The maximum Gasteiger partial charge on any atom is -0.00175 e. The maximum absolute atomic E-state index is 3.52. The molecule has 1 nitrogen and oxygen atoms in total. The zero-order valence-corrected chi connectivity index (χ0v) is 13.0. The average molecular weight is 261 g/mol. The Morgan fingerprint density at radius 1 is 1.11 bits per heavy atom. The van der Waals surface area contributed by atoms with Gasteiger partial charge in [-0.25, -0.2) is 0 Å². The Kier molecular flexibility index (Phi) is 8.57. The zero-order valence-electron chi connectivity index (χ0n) is 13.0. The van der Waals surface area contributed by atoms with Gasteiger partial charge in [-0.05, 0) is 44.3 Å². The molecule has 1 heteroatoms. The van der Waals surface area contributed by atoms with Crippen LogP contribution in [0.4, 0.5) is 0 Å². The van der Waals surface area contributed by atoms with Gasteiger partial charge in [-0.15, -0.1) is 0 Å². The van der Waals surface area contributed by atoms with E-state index in [1.165, 1.54) is 49.7 Å². The lowest BCUT2D eigenvalue weighted by atomic mass is 9.93. The third-order valence-electron chi connectivity index (χ3n) is 3.76. The van der Waals surface area contributed by atoms with E-state index in [1.807, 2.05) is 0 Å².